The summed E-state index contributed by atoms with van der Waals surface area (Å²) in [5.74, 6) is 0.235. The maximum absolute atomic E-state index is 11.4. The monoisotopic (exact) mass is 286 g/mol. The van der Waals surface area contributed by atoms with E-state index in [1.54, 1.807) is 31.4 Å². The predicted molar refractivity (Wildman–Crippen MR) is 79.9 cm³/mol. The quantitative estimate of drug-likeness (QED) is 0.886. The zero-order valence-corrected chi connectivity index (χ0v) is 12.1. The molecule has 0 aromatic heterocycles. The Morgan fingerprint density at radius 2 is 1.71 bits per heavy atom. The summed E-state index contributed by atoms with van der Waals surface area (Å²) in [6.07, 6.45) is -0.590. The van der Waals surface area contributed by atoms with E-state index in [-0.39, 0.29) is 0 Å². The fraction of sp³-hybridized carbons (Fsp3) is 0.235. The van der Waals surface area contributed by atoms with Crippen LogP contribution in [0, 0.1) is 6.92 Å². The molecular weight excluding hydrogens is 268 g/mol. The van der Waals surface area contributed by atoms with Gasteiger partial charge in [0.2, 0.25) is 0 Å². The Morgan fingerprint density at radius 3 is 2.29 bits per heavy atom. The van der Waals surface area contributed by atoms with Crippen molar-refractivity contribution in [3.05, 3.63) is 59.7 Å². The minimum absolute atomic E-state index is 0.327. The third-order valence-electron chi connectivity index (χ3n) is 3.28. The first kappa shape index (κ1) is 14.9. The zero-order chi connectivity index (χ0) is 15.2. The highest BCUT2D eigenvalue weighted by Crippen LogP contribution is 2.20. The first-order valence-corrected chi connectivity index (χ1v) is 6.68. The Balaban J connectivity index is 2.12. The van der Waals surface area contributed by atoms with Crippen LogP contribution in [0.1, 0.15) is 11.1 Å². The highest BCUT2D eigenvalue weighted by molar-refractivity contribution is 5.73. The number of hydrogen-bond acceptors (Lipinski definition) is 3. The van der Waals surface area contributed by atoms with Crippen molar-refractivity contribution in [1.29, 1.82) is 0 Å². The highest BCUT2D eigenvalue weighted by atomic mass is 16.5. The molecule has 0 saturated carbocycles. The average Bonchev–Trinajstić information content (AvgIpc) is 2.49. The highest BCUT2D eigenvalue weighted by Gasteiger charge is 2.20. The summed E-state index contributed by atoms with van der Waals surface area (Å²) in [4.78, 5) is 11.4. The Bertz CT molecular complexity index is 604. The van der Waals surface area contributed by atoms with Crippen LogP contribution in [0.25, 0.3) is 0 Å². The fourth-order valence-corrected chi connectivity index (χ4v) is 2.04. The number of hydrogen-bond donors (Lipinski definition) is 1. The first-order chi connectivity index (χ1) is 10.1. The van der Waals surface area contributed by atoms with Crippen molar-refractivity contribution in [1.82, 2.24) is 0 Å². The Kier molecular flexibility index (Phi) is 4.82. The number of methoxy groups -OCH3 is 1. The molecule has 1 N–H and O–H groups in total. The summed E-state index contributed by atoms with van der Waals surface area (Å²) in [7, 11) is 1.58. The van der Waals surface area contributed by atoms with E-state index in [1.165, 1.54) is 0 Å². The van der Waals surface area contributed by atoms with Gasteiger partial charge in [-0.3, -0.25) is 0 Å². The van der Waals surface area contributed by atoms with Crippen LogP contribution in [-0.2, 0) is 11.2 Å². The van der Waals surface area contributed by atoms with E-state index in [0.29, 0.717) is 17.9 Å². The number of rotatable bonds is 6. The molecule has 2 aromatic rings. The summed E-state index contributed by atoms with van der Waals surface area (Å²) < 4.78 is 10.6. The molecule has 1 unspecified atom stereocenters. The molecule has 0 radical (unpaired) electrons. The molecule has 2 rings (SSSR count). The Hall–Kier alpha value is -2.49. The van der Waals surface area contributed by atoms with Crippen molar-refractivity contribution in [2.75, 3.05) is 7.11 Å². The van der Waals surface area contributed by atoms with Gasteiger partial charge in [0.05, 0.1) is 7.11 Å². The van der Waals surface area contributed by atoms with E-state index < -0.39 is 12.1 Å². The van der Waals surface area contributed by atoms with Crippen molar-refractivity contribution in [3.63, 3.8) is 0 Å². The normalized spacial score (nSPS) is 11.7. The van der Waals surface area contributed by atoms with Gasteiger partial charge in [-0.2, -0.15) is 0 Å². The predicted octanol–water partition coefficient (Wildman–Crippen LogP) is 3.08. The van der Waals surface area contributed by atoms with E-state index in [9.17, 15) is 9.90 Å². The van der Waals surface area contributed by atoms with Crippen LogP contribution in [0.4, 0.5) is 0 Å². The van der Waals surface area contributed by atoms with Gasteiger partial charge < -0.3 is 14.6 Å². The second-order valence-electron chi connectivity index (χ2n) is 4.75. The number of carboxylic acids is 1. The van der Waals surface area contributed by atoms with Gasteiger partial charge in [0.15, 0.2) is 6.10 Å². The van der Waals surface area contributed by atoms with E-state index in [2.05, 4.69) is 0 Å². The van der Waals surface area contributed by atoms with Gasteiger partial charge in [-0.1, -0.05) is 24.3 Å². The van der Waals surface area contributed by atoms with Crippen LogP contribution >= 0.6 is 0 Å². The third kappa shape index (κ3) is 3.99. The van der Waals surface area contributed by atoms with E-state index >= 15 is 0 Å². The van der Waals surface area contributed by atoms with E-state index in [1.807, 2.05) is 31.2 Å². The number of benzene rings is 2. The molecule has 4 nitrogen and oxygen atoms in total. The van der Waals surface area contributed by atoms with Crippen LogP contribution in [0.3, 0.4) is 0 Å². The molecule has 0 aliphatic rings. The van der Waals surface area contributed by atoms with Gasteiger partial charge >= 0.3 is 5.97 Å². The lowest BCUT2D eigenvalue weighted by Gasteiger charge is -2.16. The van der Waals surface area contributed by atoms with E-state index in [0.717, 1.165) is 11.1 Å². The van der Waals surface area contributed by atoms with Gasteiger partial charge in [0, 0.05) is 6.42 Å². The molecule has 2 aromatic carbocycles. The second-order valence-corrected chi connectivity index (χ2v) is 4.75. The largest absolute Gasteiger partial charge is 0.497 e. The van der Waals surface area contributed by atoms with Crippen LogP contribution in [0.5, 0.6) is 11.5 Å². The molecule has 0 fully saturated rings. The lowest BCUT2D eigenvalue weighted by molar-refractivity contribution is -0.145. The molecule has 0 heterocycles. The maximum atomic E-state index is 11.4. The van der Waals surface area contributed by atoms with Gasteiger partial charge in [0.1, 0.15) is 11.5 Å². The second kappa shape index (κ2) is 6.79. The van der Waals surface area contributed by atoms with Gasteiger partial charge in [-0.05, 0) is 42.3 Å². The number of carbonyl (C=O) groups is 1. The molecule has 0 bridgehead atoms. The van der Waals surface area contributed by atoms with Crippen molar-refractivity contribution in [2.24, 2.45) is 0 Å². The molecule has 21 heavy (non-hydrogen) atoms. The Morgan fingerprint density at radius 1 is 1.10 bits per heavy atom. The van der Waals surface area contributed by atoms with Gasteiger partial charge in [-0.15, -0.1) is 0 Å². The molecule has 0 amide bonds. The number of carboxylic acid groups (broad SMARTS) is 1. The number of ether oxygens (including phenoxy) is 2. The van der Waals surface area contributed by atoms with Crippen LogP contribution in [-0.4, -0.2) is 24.3 Å². The van der Waals surface area contributed by atoms with Crippen LogP contribution in [0.15, 0.2) is 48.5 Å². The van der Waals surface area contributed by atoms with Gasteiger partial charge in [-0.25, -0.2) is 4.79 Å². The first-order valence-electron chi connectivity index (χ1n) is 6.68. The molecule has 4 heteroatoms. The van der Waals surface area contributed by atoms with Crippen molar-refractivity contribution >= 4 is 5.97 Å². The lowest BCUT2D eigenvalue weighted by Crippen LogP contribution is -2.29. The molecule has 0 spiro atoms. The maximum Gasteiger partial charge on any atom is 0.345 e. The molecule has 0 saturated heterocycles. The minimum atomic E-state index is -0.978. The number of aliphatic carboxylic acids is 1. The zero-order valence-electron chi connectivity index (χ0n) is 12.1. The SMILES string of the molecule is COc1ccc(OC(Cc2ccccc2C)C(=O)O)cc1. The Labute approximate surface area is 123 Å². The smallest absolute Gasteiger partial charge is 0.345 e. The third-order valence-corrected chi connectivity index (χ3v) is 3.28. The molecule has 110 valence electrons. The fourth-order valence-electron chi connectivity index (χ4n) is 2.04. The number of aryl methyl sites for hydroxylation is 1. The lowest BCUT2D eigenvalue weighted by atomic mass is 10.0. The van der Waals surface area contributed by atoms with E-state index in [4.69, 9.17) is 9.47 Å². The summed E-state index contributed by atoms with van der Waals surface area (Å²) in [6.45, 7) is 1.96. The van der Waals surface area contributed by atoms with Crippen molar-refractivity contribution in [3.8, 4) is 11.5 Å². The molecule has 0 aliphatic heterocycles. The summed E-state index contributed by atoms with van der Waals surface area (Å²) in [6, 6.07) is 14.6. The van der Waals surface area contributed by atoms with Crippen molar-refractivity contribution < 1.29 is 19.4 Å². The standard InChI is InChI=1S/C17H18O4/c1-12-5-3-4-6-13(12)11-16(17(18)19)21-15-9-7-14(20-2)8-10-15/h3-10,16H,11H2,1-2H3,(H,18,19). The average molecular weight is 286 g/mol. The molecular formula is C17H18O4. The summed E-state index contributed by atoms with van der Waals surface area (Å²) in [5.41, 5.74) is 2.03. The summed E-state index contributed by atoms with van der Waals surface area (Å²) in [5, 5.41) is 9.34. The van der Waals surface area contributed by atoms with Crippen molar-refractivity contribution in [2.45, 2.75) is 19.4 Å². The molecule has 0 aliphatic carbocycles. The van der Waals surface area contributed by atoms with Crippen LogP contribution < -0.4 is 9.47 Å². The summed E-state index contributed by atoms with van der Waals surface area (Å²) >= 11 is 0. The van der Waals surface area contributed by atoms with Gasteiger partial charge in [0.25, 0.3) is 0 Å². The topological polar surface area (TPSA) is 55.8 Å². The molecule has 1 atom stereocenters. The minimum Gasteiger partial charge on any atom is -0.497 e. The van der Waals surface area contributed by atoms with Crippen LogP contribution in [0.2, 0.25) is 0 Å².